The number of hydrogen-bond donors (Lipinski definition) is 2. The number of sulfonamides is 2. The smallest absolute Gasteiger partial charge is 0.284 e. The number of benzene rings is 2. The first-order valence-electron chi connectivity index (χ1n) is 9.87. The van der Waals surface area contributed by atoms with Gasteiger partial charge in [-0.25, -0.2) is 21.8 Å². The van der Waals surface area contributed by atoms with Gasteiger partial charge < -0.3 is 4.74 Å². The molecule has 0 atom stereocenters. The number of hydrogen-bond acceptors (Lipinski definition) is 7. The van der Waals surface area contributed by atoms with Crippen LogP contribution in [0.5, 0.6) is 0 Å². The van der Waals surface area contributed by atoms with Crippen LogP contribution in [0.3, 0.4) is 0 Å². The van der Waals surface area contributed by atoms with Crippen LogP contribution in [0.15, 0.2) is 76.9 Å². The Hall–Kier alpha value is -3.10. The van der Waals surface area contributed by atoms with Gasteiger partial charge in [0.15, 0.2) is 0 Å². The minimum Gasteiger partial charge on any atom is -0.379 e. The van der Waals surface area contributed by atoms with Crippen LogP contribution in [0.2, 0.25) is 0 Å². The van der Waals surface area contributed by atoms with Crippen molar-refractivity contribution in [3.05, 3.63) is 72.8 Å². The number of ether oxygens (including phenoxy) is 1. The average molecular weight is 492 g/mol. The molecule has 1 aromatic heterocycles. The summed E-state index contributed by atoms with van der Waals surface area (Å²) in [5.41, 5.74) is 2.95. The molecular formula is C20H21N5O6S2. The predicted octanol–water partition coefficient (Wildman–Crippen LogP) is 0.517. The fourth-order valence-electron chi connectivity index (χ4n) is 3.22. The molecule has 2 aromatic carbocycles. The van der Waals surface area contributed by atoms with Crippen molar-refractivity contribution >= 4 is 26.0 Å². The largest absolute Gasteiger partial charge is 0.379 e. The number of carbonyl (C=O) groups is 1. The van der Waals surface area contributed by atoms with Gasteiger partial charge in [-0.15, -0.1) is 4.83 Å². The second-order valence-corrected chi connectivity index (χ2v) is 10.7. The van der Waals surface area contributed by atoms with Crippen LogP contribution in [0, 0.1) is 0 Å². The van der Waals surface area contributed by atoms with Crippen LogP contribution < -0.4 is 10.3 Å². The van der Waals surface area contributed by atoms with Crippen LogP contribution in [-0.4, -0.2) is 62.9 Å². The van der Waals surface area contributed by atoms with Crippen LogP contribution in [0.25, 0.3) is 5.69 Å². The van der Waals surface area contributed by atoms with Gasteiger partial charge in [0, 0.05) is 18.8 Å². The van der Waals surface area contributed by atoms with Gasteiger partial charge in [-0.3, -0.25) is 14.8 Å². The topological polar surface area (TPSA) is 140 Å². The van der Waals surface area contributed by atoms with Gasteiger partial charge in [0.1, 0.15) is 5.69 Å². The van der Waals surface area contributed by atoms with Crippen molar-refractivity contribution in [1.82, 2.24) is 24.1 Å². The number of nitrogens with one attached hydrogen (secondary N) is 2. The van der Waals surface area contributed by atoms with E-state index in [2.05, 4.69) is 10.4 Å². The molecule has 0 saturated carbocycles. The van der Waals surface area contributed by atoms with Gasteiger partial charge >= 0.3 is 0 Å². The highest BCUT2D eigenvalue weighted by Gasteiger charge is 2.27. The number of rotatable bonds is 7. The second kappa shape index (κ2) is 9.41. The summed E-state index contributed by atoms with van der Waals surface area (Å²) in [6.07, 6.45) is 2.74. The lowest BCUT2D eigenvalue weighted by atomic mass is 10.3. The number of morpholine rings is 1. The number of aromatic nitrogens is 2. The molecule has 0 spiro atoms. The van der Waals surface area contributed by atoms with Crippen molar-refractivity contribution in [2.24, 2.45) is 0 Å². The molecule has 174 valence electrons. The van der Waals surface area contributed by atoms with Gasteiger partial charge in [-0.2, -0.15) is 4.31 Å². The summed E-state index contributed by atoms with van der Waals surface area (Å²) in [6, 6.07) is 13.7. The highest BCUT2D eigenvalue weighted by Crippen LogP contribution is 2.19. The van der Waals surface area contributed by atoms with Crippen LogP contribution in [-0.2, 0) is 24.8 Å². The van der Waals surface area contributed by atoms with E-state index in [9.17, 15) is 21.6 Å². The number of imidazole rings is 1. The number of amides is 1. The van der Waals surface area contributed by atoms with Gasteiger partial charge in [-0.1, -0.05) is 18.2 Å². The van der Waals surface area contributed by atoms with E-state index in [0.29, 0.717) is 18.9 Å². The van der Waals surface area contributed by atoms with Gasteiger partial charge in [-0.05, 0) is 36.4 Å². The third-order valence-electron chi connectivity index (χ3n) is 4.95. The third kappa shape index (κ3) is 4.96. The molecule has 3 aromatic rings. The number of para-hydroxylation sites is 1. The highest BCUT2D eigenvalue weighted by molar-refractivity contribution is 7.89. The Balaban J connectivity index is 1.45. The third-order valence-corrected chi connectivity index (χ3v) is 8.12. The molecule has 1 fully saturated rings. The molecule has 1 aliphatic heterocycles. The molecule has 11 nitrogen and oxygen atoms in total. The molecule has 4 rings (SSSR count). The van der Waals surface area contributed by atoms with E-state index >= 15 is 0 Å². The highest BCUT2D eigenvalue weighted by atomic mass is 32.2. The second-order valence-electron chi connectivity index (χ2n) is 7.03. The lowest BCUT2D eigenvalue weighted by Gasteiger charge is -2.26. The normalized spacial score (nSPS) is 15.3. The standard InChI is InChI=1S/C20H21N5O6S2/c26-20(19-14-21-15-25(19)16-4-2-1-3-5-16)22-23-32(27,28)17-6-8-18(9-7-17)33(29,30)24-10-12-31-13-11-24/h1-9,14-15,23H,10-13H2,(H,22,26). The van der Waals surface area contributed by atoms with Crippen molar-refractivity contribution in [1.29, 1.82) is 0 Å². The van der Waals surface area contributed by atoms with Crippen molar-refractivity contribution in [3.63, 3.8) is 0 Å². The molecule has 1 saturated heterocycles. The summed E-state index contributed by atoms with van der Waals surface area (Å²) >= 11 is 0. The Labute approximate surface area is 191 Å². The van der Waals surface area contributed by atoms with Crippen molar-refractivity contribution in [2.45, 2.75) is 9.79 Å². The monoisotopic (exact) mass is 491 g/mol. The summed E-state index contributed by atoms with van der Waals surface area (Å²) in [7, 11) is -7.90. The SMILES string of the molecule is O=C(NNS(=O)(=O)c1ccc(S(=O)(=O)N2CCOCC2)cc1)c1cncn1-c1ccccc1. The Kier molecular flexibility index (Phi) is 6.58. The van der Waals surface area contributed by atoms with Gasteiger partial charge in [0.2, 0.25) is 10.0 Å². The first kappa shape index (κ1) is 23.1. The molecule has 1 amide bonds. The van der Waals surface area contributed by atoms with Crippen LogP contribution in [0.4, 0.5) is 0 Å². The molecule has 0 aliphatic carbocycles. The Morgan fingerprint density at radius 3 is 2.21 bits per heavy atom. The summed E-state index contributed by atoms with van der Waals surface area (Å²) in [5.74, 6) is -0.716. The van der Waals surface area contributed by atoms with E-state index in [4.69, 9.17) is 4.74 Å². The summed E-state index contributed by atoms with van der Waals surface area (Å²) < 4.78 is 58.5. The Bertz CT molecular complexity index is 1330. The van der Waals surface area contributed by atoms with Gasteiger partial charge in [0.25, 0.3) is 15.9 Å². The van der Waals surface area contributed by atoms with Crippen molar-refractivity contribution < 1.29 is 26.4 Å². The maximum Gasteiger partial charge on any atom is 0.284 e. The van der Waals surface area contributed by atoms with E-state index in [1.54, 1.807) is 24.3 Å². The zero-order valence-corrected chi connectivity index (χ0v) is 18.9. The lowest BCUT2D eigenvalue weighted by Crippen LogP contribution is -2.42. The van der Waals surface area contributed by atoms with Gasteiger partial charge in [0.05, 0.1) is 35.5 Å². The summed E-state index contributed by atoms with van der Waals surface area (Å²) in [4.78, 5) is 18.3. The molecule has 0 bridgehead atoms. The average Bonchev–Trinajstić information content (AvgIpc) is 3.34. The molecule has 0 unspecified atom stereocenters. The zero-order chi connectivity index (χ0) is 23.5. The molecule has 2 heterocycles. The molecule has 1 aliphatic rings. The maximum atomic E-state index is 12.7. The lowest BCUT2D eigenvalue weighted by molar-refractivity contribution is 0.0730. The quantitative estimate of drug-likeness (QED) is 0.459. The minimum absolute atomic E-state index is 0.0286. The number of hydrazine groups is 1. The first-order valence-corrected chi connectivity index (χ1v) is 12.8. The molecule has 33 heavy (non-hydrogen) atoms. The number of carbonyl (C=O) groups excluding carboxylic acids is 1. The Morgan fingerprint density at radius 2 is 1.55 bits per heavy atom. The molecular weight excluding hydrogens is 470 g/mol. The van der Waals surface area contributed by atoms with Crippen molar-refractivity contribution in [3.8, 4) is 5.69 Å². The van der Waals surface area contributed by atoms with E-state index in [1.807, 2.05) is 10.9 Å². The molecule has 13 heteroatoms. The fraction of sp³-hybridized carbons (Fsp3) is 0.200. The van der Waals surface area contributed by atoms with Crippen LogP contribution in [0.1, 0.15) is 10.5 Å². The zero-order valence-electron chi connectivity index (χ0n) is 17.3. The first-order chi connectivity index (χ1) is 15.8. The van der Waals surface area contributed by atoms with Crippen LogP contribution >= 0.6 is 0 Å². The summed E-state index contributed by atoms with van der Waals surface area (Å²) in [6.45, 7) is 1.07. The molecule has 2 N–H and O–H groups in total. The maximum absolute atomic E-state index is 12.7. The van der Waals surface area contributed by atoms with Crippen molar-refractivity contribution in [2.75, 3.05) is 26.3 Å². The number of nitrogens with zero attached hydrogens (tertiary/aromatic N) is 3. The van der Waals surface area contributed by atoms with E-state index < -0.39 is 26.0 Å². The fourth-order valence-corrected chi connectivity index (χ4v) is 5.47. The summed E-state index contributed by atoms with van der Waals surface area (Å²) in [5, 5.41) is 0. The minimum atomic E-state index is -4.15. The Morgan fingerprint density at radius 1 is 0.909 bits per heavy atom. The van der Waals surface area contributed by atoms with E-state index in [1.165, 1.54) is 33.5 Å². The van der Waals surface area contributed by atoms with E-state index in [-0.39, 0.29) is 28.6 Å². The molecule has 0 radical (unpaired) electrons. The predicted molar refractivity (Wildman–Crippen MR) is 117 cm³/mol. The van der Waals surface area contributed by atoms with E-state index in [0.717, 1.165) is 12.1 Å².